The number of hydrogen-bond acceptors (Lipinski definition) is 4. The monoisotopic (exact) mass is 468 g/mol. The zero-order valence-electron chi connectivity index (χ0n) is 18.8. The first kappa shape index (κ1) is 22.8. The normalized spacial score (nSPS) is 15.0. The van der Waals surface area contributed by atoms with Crippen LogP contribution in [0.25, 0.3) is 10.9 Å². The van der Waals surface area contributed by atoms with Gasteiger partial charge in [0, 0.05) is 48.0 Å². The third-order valence-electron chi connectivity index (χ3n) is 5.95. The molecule has 2 amide bonds. The number of nitrogens with one attached hydrogen (secondary N) is 1. The molecule has 0 bridgehead atoms. The Morgan fingerprint density at radius 2 is 1.85 bits per heavy atom. The molecular weight excluding hydrogens is 440 g/mol. The number of benzene rings is 2. The molecule has 8 nitrogen and oxygen atoms in total. The summed E-state index contributed by atoms with van der Waals surface area (Å²) in [5, 5.41) is 3.80. The zero-order chi connectivity index (χ0) is 23.6. The van der Waals surface area contributed by atoms with E-state index in [9.17, 15) is 18.0 Å². The molecule has 9 heteroatoms. The Labute approximate surface area is 193 Å². The highest BCUT2D eigenvalue weighted by atomic mass is 32.2. The SMILES string of the molecule is CCN(CC)C(=O)Cn1ccc2cc(NC(=O)c3cccc(N4CCCS4(=O)=O)c3)ccc21. The standard InChI is InChI=1S/C24H28N4O4S/c1-3-26(4-2)23(29)17-27-13-11-18-15-20(9-10-22(18)27)25-24(30)19-7-5-8-21(16-19)28-12-6-14-33(28,31)32/h5,7-11,13,15-16H,3-4,6,12,14,17H2,1-2H3,(H,25,30). The van der Waals surface area contributed by atoms with E-state index in [1.165, 1.54) is 4.31 Å². The second-order valence-corrected chi connectivity index (χ2v) is 10.0. The molecule has 0 radical (unpaired) electrons. The summed E-state index contributed by atoms with van der Waals surface area (Å²) in [6.07, 6.45) is 2.45. The van der Waals surface area contributed by atoms with E-state index in [1.807, 2.05) is 42.8 Å². The number of carbonyl (C=O) groups excluding carboxylic acids is 2. The van der Waals surface area contributed by atoms with Crippen LogP contribution in [0.15, 0.2) is 54.7 Å². The quantitative estimate of drug-likeness (QED) is 0.576. The Kier molecular flexibility index (Phi) is 6.42. The fraction of sp³-hybridized carbons (Fsp3) is 0.333. The summed E-state index contributed by atoms with van der Waals surface area (Å²) in [4.78, 5) is 27.1. The number of nitrogens with zero attached hydrogens (tertiary/aromatic N) is 3. The maximum atomic E-state index is 12.8. The molecule has 0 atom stereocenters. The second kappa shape index (κ2) is 9.27. The molecule has 1 saturated heterocycles. The highest BCUT2D eigenvalue weighted by molar-refractivity contribution is 7.93. The van der Waals surface area contributed by atoms with Crippen LogP contribution in [0.2, 0.25) is 0 Å². The average Bonchev–Trinajstić information content (AvgIpc) is 3.36. The van der Waals surface area contributed by atoms with Gasteiger partial charge in [-0.15, -0.1) is 0 Å². The minimum Gasteiger partial charge on any atom is -0.342 e. The van der Waals surface area contributed by atoms with Crippen molar-refractivity contribution >= 4 is 44.1 Å². The van der Waals surface area contributed by atoms with Gasteiger partial charge in [-0.05, 0) is 62.7 Å². The largest absolute Gasteiger partial charge is 0.342 e. The van der Waals surface area contributed by atoms with Crippen molar-refractivity contribution in [2.24, 2.45) is 0 Å². The summed E-state index contributed by atoms with van der Waals surface area (Å²) in [6, 6.07) is 14.1. The molecule has 0 aliphatic carbocycles. The number of fused-ring (bicyclic) bond motifs is 1. The maximum absolute atomic E-state index is 12.8. The highest BCUT2D eigenvalue weighted by Gasteiger charge is 2.28. The third kappa shape index (κ3) is 4.73. The van der Waals surface area contributed by atoms with Gasteiger partial charge < -0.3 is 14.8 Å². The Balaban J connectivity index is 1.50. The van der Waals surface area contributed by atoms with Crippen molar-refractivity contribution in [2.45, 2.75) is 26.8 Å². The van der Waals surface area contributed by atoms with Crippen LogP contribution in [0.1, 0.15) is 30.6 Å². The second-order valence-electron chi connectivity index (χ2n) is 8.03. The van der Waals surface area contributed by atoms with E-state index < -0.39 is 10.0 Å². The van der Waals surface area contributed by atoms with Gasteiger partial charge in [0.15, 0.2) is 0 Å². The first-order valence-electron chi connectivity index (χ1n) is 11.1. The number of likely N-dealkylation sites (N-methyl/N-ethyl adjacent to an activating group) is 1. The molecule has 3 aromatic rings. The number of rotatable bonds is 7. The fourth-order valence-corrected chi connectivity index (χ4v) is 5.73. The first-order chi connectivity index (χ1) is 15.8. The van der Waals surface area contributed by atoms with E-state index in [2.05, 4.69) is 5.32 Å². The summed E-state index contributed by atoms with van der Waals surface area (Å²) in [7, 11) is -3.31. The van der Waals surface area contributed by atoms with Crippen molar-refractivity contribution in [2.75, 3.05) is 35.0 Å². The number of hydrogen-bond donors (Lipinski definition) is 1. The van der Waals surface area contributed by atoms with Crippen LogP contribution in [0.3, 0.4) is 0 Å². The molecule has 0 spiro atoms. The number of sulfonamides is 1. The Morgan fingerprint density at radius 3 is 2.55 bits per heavy atom. The Hall–Kier alpha value is -3.33. The van der Waals surface area contributed by atoms with Gasteiger partial charge in [0.2, 0.25) is 15.9 Å². The zero-order valence-corrected chi connectivity index (χ0v) is 19.6. The summed E-state index contributed by atoms with van der Waals surface area (Å²) >= 11 is 0. The van der Waals surface area contributed by atoms with E-state index in [4.69, 9.17) is 0 Å². The summed E-state index contributed by atoms with van der Waals surface area (Å²) in [5.74, 6) is -0.123. The van der Waals surface area contributed by atoms with E-state index >= 15 is 0 Å². The van der Waals surface area contributed by atoms with Crippen molar-refractivity contribution in [3.05, 3.63) is 60.3 Å². The summed E-state index contributed by atoms with van der Waals surface area (Å²) in [6.45, 7) is 5.97. The lowest BCUT2D eigenvalue weighted by atomic mass is 10.1. The van der Waals surface area contributed by atoms with Gasteiger partial charge in [0.1, 0.15) is 6.54 Å². The molecule has 1 N–H and O–H groups in total. The van der Waals surface area contributed by atoms with E-state index in [-0.39, 0.29) is 24.1 Å². The lowest BCUT2D eigenvalue weighted by Crippen LogP contribution is -2.33. The minimum absolute atomic E-state index is 0.0646. The molecule has 1 fully saturated rings. The molecule has 0 unspecified atom stereocenters. The van der Waals surface area contributed by atoms with E-state index in [1.54, 1.807) is 35.2 Å². The lowest BCUT2D eigenvalue weighted by Gasteiger charge is -2.19. The van der Waals surface area contributed by atoms with Gasteiger partial charge >= 0.3 is 0 Å². The summed E-state index contributed by atoms with van der Waals surface area (Å²) in [5.41, 5.74) is 2.43. The number of aromatic nitrogens is 1. The molecule has 174 valence electrons. The molecule has 0 saturated carbocycles. The first-order valence-corrected chi connectivity index (χ1v) is 12.7. The third-order valence-corrected chi connectivity index (χ3v) is 7.82. The van der Waals surface area contributed by atoms with Crippen molar-refractivity contribution in [1.29, 1.82) is 0 Å². The molecule has 2 heterocycles. The van der Waals surface area contributed by atoms with Gasteiger partial charge in [-0.3, -0.25) is 13.9 Å². The smallest absolute Gasteiger partial charge is 0.255 e. The van der Waals surface area contributed by atoms with Crippen molar-refractivity contribution in [3.63, 3.8) is 0 Å². The van der Waals surface area contributed by atoms with Crippen LogP contribution in [-0.4, -0.2) is 55.1 Å². The Bertz CT molecular complexity index is 1290. The van der Waals surface area contributed by atoms with Crippen molar-refractivity contribution < 1.29 is 18.0 Å². The molecule has 1 aromatic heterocycles. The molecule has 1 aliphatic rings. The predicted molar refractivity (Wildman–Crippen MR) is 130 cm³/mol. The summed E-state index contributed by atoms with van der Waals surface area (Å²) < 4.78 is 27.7. The van der Waals surface area contributed by atoms with Crippen molar-refractivity contribution in [1.82, 2.24) is 9.47 Å². The van der Waals surface area contributed by atoms with Crippen LogP contribution >= 0.6 is 0 Å². The highest BCUT2D eigenvalue weighted by Crippen LogP contribution is 2.26. The maximum Gasteiger partial charge on any atom is 0.255 e. The minimum atomic E-state index is -3.31. The fourth-order valence-electron chi connectivity index (χ4n) is 4.17. The van der Waals surface area contributed by atoms with Crippen molar-refractivity contribution in [3.8, 4) is 0 Å². The number of amides is 2. The predicted octanol–water partition coefficient (Wildman–Crippen LogP) is 3.30. The Morgan fingerprint density at radius 1 is 1.06 bits per heavy atom. The number of anilines is 2. The van der Waals surface area contributed by atoms with Gasteiger partial charge in [-0.2, -0.15) is 0 Å². The molecule has 4 rings (SSSR count). The van der Waals surface area contributed by atoms with Crippen LogP contribution in [0.5, 0.6) is 0 Å². The van der Waals surface area contributed by atoms with Gasteiger partial charge in [-0.25, -0.2) is 8.42 Å². The average molecular weight is 469 g/mol. The van der Waals surface area contributed by atoms with Gasteiger partial charge in [0.05, 0.1) is 11.4 Å². The van der Waals surface area contributed by atoms with E-state index in [0.717, 1.165) is 10.9 Å². The van der Waals surface area contributed by atoms with Crippen LogP contribution in [0, 0.1) is 0 Å². The molecule has 2 aromatic carbocycles. The molecule has 33 heavy (non-hydrogen) atoms. The van der Waals surface area contributed by atoms with Gasteiger partial charge in [0.25, 0.3) is 5.91 Å². The van der Waals surface area contributed by atoms with Crippen LogP contribution in [0.4, 0.5) is 11.4 Å². The molecule has 1 aliphatic heterocycles. The van der Waals surface area contributed by atoms with E-state index in [0.29, 0.717) is 43.0 Å². The number of carbonyl (C=O) groups is 2. The lowest BCUT2D eigenvalue weighted by molar-refractivity contribution is -0.131. The van der Waals surface area contributed by atoms with Gasteiger partial charge in [-0.1, -0.05) is 6.07 Å². The molecular formula is C24H28N4O4S. The topological polar surface area (TPSA) is 91.7 Å². The van der Waals surface area contributed by atoms with Crippen LogP contribution < -0.4 is 9.62 Å². The van der Waals surface area contributed by atoms with Crippen LogP contribution in [-0.2, 0) is 21.4 Å².